The van der Waals surface area contributed by atoms with Crippen LogP contribution in [0.4, 0.5) is 0 Å². The van der Waals surface area contributed by atoms with E-state index in [4.69, 9.17) is 16.0 Å². The number of aromatic nitrogens is 2. The number of rotatable bonds is 6. The van der Waals surface area contributed by atoms with Crippen molar-refractivity contribution in [2.45, 2.75) is 58.2 Å². The largest absolute Gasteiger partial charge is 0.454 e. The normalized spacial score (nSPS) is 19.1. The summed E-state index contributed by atoms with van der Waals surface area (Å²) in [5, 5.41) is 4.73. The third-order valence-corrected chi connectivity index (χ3v) is 5.89. The highest BCUT2D eigenvalue weighted by Gasteiger charge is 2.35. The Balaban J connectivity index is 1.42. The molecule has 1 aromatic carbocycles. The van der Waals surface area contributed by atoms with Gasteiger partial charge in [0.1, 0.15) is 5.76 Å². The van der Waals surface area contributed by atoms with Crippen LogP contribution in [-0.2, 0) is 13.0 Å². The molecule has 3 aromatic rings. The molecule has 0 spiro atoms. The number of likely N-dealkylation sites (tertiary alicyclic amines) is 1. The molecular formula is C23H26ClN3O2. The van der Waals surface area contributed by atoms with Crippen molar-refractivity contribution in [2.24, 2.45) is 0 Å². The van der Waals surface area contributed by atoms with Gasteiger partial charge in [-0.1, -0.05) is 41.4 Å². The van der Waals surface area contributed by atoms with Crippen molar-refractivity contribution in [2.75, 3.05) is 0 Å². The van der Waals surface area contributed by atoms with Crippen LogP contribution in [0.3, 0.4) is 0 Å². The Morgan fingerprint density at radius 3 is 2.72 bits per heavy atom. The Bertz CT molecular complexity index is 976. The Morgan fingerprint density at radius 1 is 1.21 bits per heavy atom. The summed E-state index contributed by atoms with van der Waals surface area (Å²) < 4.78 is 7.54. The minimum Gasteiger partial charge on any atom is -0.454 e. The third kappa shape index (κ3) is 4.56. The standard InChI is InChI=1S/C23H26ClN3O2/c1-16-3-6-18(7-4-16)8-10-20-9-5-17(2)27(20)23(28)22-12-11-21(29-22)15-26-14-19(24)13-25-26/h3-4,6-7,11-14,17,20H,5,8-10,15H2,1-2H3/t17-,20-/m1/s1. The van der Waals surface area contributed by atoms with Crippen LogP contribution >= 0.6 is 11.6 Å². The lowest BCUT2D eigenvalue weighted by molar-refractivity contribution is 0.0637. The first-order valence-corrected chi connectivity index (χ1v) is 10.5. The second-order valence-electron chi connectivity index (χ2n) is 7.94. The van der Waals surface area contributed by atoms with Crippen molar-refractivity contribution in [3.63, 3.8) is 0 Å². The van der Waals surface area contributed by atoms with E-state index in [-0.39, 0.29) is 18.0 Å². The maximum absolute atomic E-state index is 13.2. The van der Waals surface area contributed by atoms with Gasteiger partial charge < -0.3 is 9.32 Å². The quantitative estimate of drug-likeness (QED) is 0.566. The summed E-state index contributed by atoms with van der Waals surface area (Å²) in [5.74, 6) is 1.07. The number of hydrogen-bond acceptors (Lipinski definition) is 3. The average molecular weight is 412 g/mol. The minimum atomic E-state index is -0.0198. The van der Waals surface area contributed by atoms with E-state index in [9.17, 15) is 4.79 Å². The highest BCUT2D eigenvalue weighted by atomic mass is 35.5. The van der Waals surface area contributed by atoms with Crippen LogP contribution in [0, 0.1) is 6.92 Å². The second kappa shape index (κ2) is 8.46. The van der Waals surface area contributed by atoms with Crippen LogP contribution in [0.2, 0.25) is 5.02 Å². The second-order valence-corrected chi connectivity index (χ2v) is 8.38. The molecule has 0 bridgehead atoms. The first-order chi connectivity index (χ1) is 14.0. The van der Waals surface area contributed by atoms with E-state index in [1.54, 1.807) is 23.1 Å². The monoisotopic (exact) mass is 411 g/mol. The fraction of sp³-hybridized carbons (Fsp3) is 0.391. The number of aryl methyl sites for hydroxylation is 2. The summed E-state index contributed by atoms with van der Waals surface area (Å²) in [7, 11) is 0. The van der Waals surface area contributed by atoms with E-state index in [2.05, 4.69) is 43.2 Å². The molecule has 2 atom stereocenters. The topological polar surface area (TPSA) is 51.3 Å². The molecule has 29 heavy (non-hydrogen) atoms. The Morgan fingerprint density at radius 2 is 2.00 bits per heavy atom. The maximum atomic E-state index is 13.2. The van der Waals surface area contributed by atoms with Crippen LogP contribution in [0.1, 0.15) is 53.6 Å². The molecule has 1 fully saturated rings. The summed E-state index contributed by atoms with van der Waals surface area (Å²) in [6, 6.07) is 12.7. The van der Waals surface area contributed by atoms with Crippen LogP contribution in [-0.4, -0.2) is 32.7 Å². The number of furan rings is 1. The predicted molar refractivity (Wildman–Crippen MR) is 113 cm³/mol. The molecule has 0 N–H and O–H groups in total. The third-order valence-electron chi connectivity index (χ3n) is 5.70. The summed E-state index contributed by atoms with van der Waals surface area (Å²) in [6.45, 7) is 4.67. The minimum absolute atomic E-state index is 0.0198. The van der Waals surface area contributed by atoms with Gasteiger partial charge in [0.05, 0.1) is 17.8 Å². The zero-order chi connectivity index (χ0) is 20.4. The van der Waals surface area contributed by atoms with Crippen LogP contribution in [0.25, 0.3) is 0 Å². The molecule has 1 aliphatic heterocycles. The molecule has 2 aromatic heterocycles. The summed E-state index contributed by atoms with van der Waals surface area (Å²) >= 11 is 5.91. The fourth-order valence-electron chi connectivity index (χ4n) is 4.10. The molecule has 0 saturated carbocycles. The van der Waals surface area contributed by atoms with E-state index in [0.717, 1.165) is 25.7 Å². The highest BCUT2D eigenvalue weighted by molar-refractivity contribution is 6.30. The molecule has 6 heteroatoms. The van der Waals surface area contributed by atoms with Crippen LogP contribution < -0.4 is 0 Å². The lowest BCUT2D eigenvalue weighted by atomic mass is 10.0. The molecule has 0 unspecified atom stereocenters. The SMILES string of the molecule is Cc1ccc(CC[C@H]2CC[C@@H](C)N2C(=O)c2ccc(Cn3cc(Cl)cn3)o2)cc1. The van der Waals surface area contributed by atoms with Gasteiger partial charge in [-0.15, -0.1) is 0 Å². The Labute approximate surface area is 176 Å². The molecule has 1 saturated heterocycles. The number of carbonyl (C=O) groups is 1. The number of amides is 1. The average Bonchev–Trinajstić information content (AvgIpc) is 3.42. The molecule has 0 radical (unpaired) electrons. The number of halogens is 1. The Hall–Kier alpha value is -2.53. The van der Waals surface area contributed by atoms with Gasteiger partial charge in [0, 0.05) is 18.3 Å². The van der Waals surface area contributed by atoms with Gasteiger partial charge in [-0.2, -0.15) is 5.10 Å². The molecule has 152 valence electrons. The lowest BCUT2D eigenvalue weighted by Crippen LogP contribution is -2.40. The summed E-state index contributed by atoms with van der Waals surface area (Å²) in [6.07, 6.45) is 7.33. The number of carbonyl (C=O) groups excluding carboxylic acids is 1. The van der Waals surface area contributed by atoms with Crippen LogP contribution in [0.5, 0.6) is 0 Å². The van der Waals surface area contributed by atoms with Crippen molar-refractivity contribution in [3.05, 3.63) is 76.5 Å². The molecule has 3 heterocycles. The molecular weight excluding hydrogens is 386 g/mol. The van der Waals surface area contributed by atoms with E-state index in [1.165, 1.54) is 11.1 Å². The van der Waals surface area contributed by atoms with Gasteiger partial charge >= 0.3 is 0 Å². The summed E-state index contributed by atoms with van der Waals surface area (Å²) in [5.41, 5.74) is 2.59. The Kier molecular flexibility index (Phi) is 5.76. The van der Waals surface area contributed by atoms with Gasteiger partial charge in [-0.3, -0.25) is 9.48 Å². The maximum Gasteiger partial charge on any atom is 0.290 e. The fourth-order valence-corrected chi connectivity index (χ4v) is 4.25. The molecule has 1 amide bonds. The first-order valence-electron chi connectivity index (χ1n) is 10.1. The zero-order valence-electron chi connectivity index (χ0n) is 16.8. The van der Waals surface area contributed by atoms with Crippen molar-refractivity contribution >= 4 is 17.5 Å². The van der Waals surface area contributed by atoms with E-state index in [1.807, 2.05) is 11.0 Å². The molecule has 4 rings (SSSR count). The summed E-state index contributed by atoms with van der Waals surface area (Å²) in [4.78, 5) is 15.2. The van der Waals surface area contributed by atoms with Gasteiger partial charge in [-0.25, -0.2) is 0 Å². The smallest absolute Gasteiger partial charge is 0.290 e. The van der Waals surface area contributed by atoms with Gasteiger partial charge in [0.15, 0.2) is 5.76 Å². The van der Waals surface area contributed by atoms with E-state index >= 15 is 0 Å². The number of hydrogen-bond donors (Lipinski definition) is 0. The molecule has 5 nitrogen and oxygen atoms in total. The number of nitrogens with zero attached hydrogens (tertiary/aromatic N) is 3. The van der Waals surface area contributed by atoms with E-state index in [0.29, 0.717) is 23.1 Å². The van der Waals surface area contributed by atoms with Crippen molar-refractivity contribution in [3.8, 4) is 0 Å². The predicted octanol–water partition coefficient (Wildman–Crippen LogP) is 5.11. The van der Waals surface area contributed by atoms with E-state index < -0.39 is 0 Å². The van der Waals surface area contributed by atoms with Crippen molar-refractivity contribution in [1.82, 2.24) is 14.7 Å². The number of benzene rings is 1. The molecule has 1 aliphatic rings. The van der Waals surface area contributed by atoms with Gasteiger partial charge in [0.2, 0.25) is 0 Å². The van der Waals surface area contributed by atoms with Crippen molar-refractivity contribution in [1.29, 1.82) is 0 Å². The molecule has 0 aliphatic carbocycles. The van der Waals surface area contributed by atoms with Crippen LogP contribution in [0.15, 0.2) is 53.2 Å². The zero-order valence-corrected chi connectivity index (χ0v) is 17.6. The highest BCUT2D eigenvalue weighted by Crippen LogP contribution is 2.29. The lowest BCUT2D eigenvalue weighted by Gasteiger charge is -2.28. The van der Waals surface area contributed by atoms with Gasteiger partial charge in [-0.05, 0) is 57.2 Å². The van der Waals surface area contributed by atoms with Gasteiger partial charge in [0.25, 0.3) is 5.91 Å². The van der Waals surface area contributed by atoms with Crippen molar-refractivity contribution < 1.29 is 9.21 Å². The first kappa shape index (κ1) is 19.8.